The van der Waals surface area contributed by atoms with E-state index in [1.54, 1.807) is 0 Å². The monoisotopic (exact) mass is 142 g/mol. The highest BCUT2D eigenvalue weighted by atomic mass is 35.7. The third-order valence-electron chi connectivity index (χ3n) is 0.266. The van der Waals surface area contributed by atoms with Crippen molar-refractivity contribution in [2.24, 2.45) is 0 Å². The van der Waals surface area contributed by atoms with Crippen LogP contribution >= 0.6 is 21.9 Å². The number of ether oxygens (including phenoxy) is 1. The quantitative estimate of drug-likeness (QED) is 0.411. The Morgan fingerprint density at radius 3 is 2.57 bits per heavy atom. The number of carbonyl (C=O) groups is 1. The van der Waals surface area contributed by atoms with Crippen molar-refractivity contribution in [1.82, 2.24) is 0 Å². The van der Waals surface area contributed by atoms with Crippen molar-refractivity contribution in [1.29, 1.82) is 0 Å². The van der Waals surface area contributed by atoms with E-state index in [1.807, 2.05) is 0 Å². The summed E-state index contributed by atoms with van der Waals surface area (Å²) in [6, 6.07) is 0. The molecule has 5 heteroatoms. The van der Waals surface area contributed by atoms with Crippen LogP contribution in [0.3, 0.4) is 0 Å². The molecule has 0 rings (SSSR count). The predicted octanol–water partition coefficient (Wildman–Crippen LogP) is 1.57. The maximum absolute atomic E-state index is 9.86. The Bertz CT molecular complexity index is 66.0. The average Bonchev–Trinajstić information content (AvgIpc) is 1.68. The minimum atomic E-state index is -0.792. The molecule has 0 bridgehead atoms. The number of carbonyl (C=O) groups excluding carboxylic acids is 1. The maximum atomic E-state index is 9.86. The lowest BCUT2D eigenvalue weighted by Crippen LogP contribution is -1.95. The van der Waals surface area contributed by atoms with Crippen molar-refractivity contribution < 1.29 is 13.7 Å². The van der Waals surface area contributed by atoms with Gasteiger partial charge in [-0.2, -0.15) is 0 Å². The van der Waals surface area contributed by atoms with Gasteiger partial charge in [-0.25, -0.2) is 4.79 Å². The highest BCUT2D eigenvalue weighted by Gasteiger charge is 1.96. The molecule has 0 aliphatic heterocycles. The number of hydrogen-bond donors (Lipinski definition) is 0. The van der Waals surface area contributed by atoms with Crippen LogP contribution in [0.2, 0.25) is 0 Å². The van der Waals surface area contributed by atoms with Gasteiger partial charge in [0.25, 0.3) is 0 Å². The van der Waals surface area contributed by atoms with Crippen LogP contribution in [0.15, 0.2) is 0 Å². The topological polar surface area (TPSA) is 35.5 Å². The van der Waals surface area contributed by atoms with Crippen molar-refractivity contribution in [3.63, 3.8) is 0 Å². The Morgan fingerprint density at radius 2 is 2.43 bits per heavy atom. The van der Waals surface area contributed by atoms with Crippen LogP contribution in [-0.2, 0) is 8.92 Å². The van der Waals surface area contributed by atoms with Gasteiger partial charge >= 0.3 is 6.16 Å². The average molecular weight is 143 g/mol. The molecule has 0 amide bonds. The van der Waals surface area contributed by atoms with Crippen molar-refractivity contribution in [3.05, 3.63) is 0 Å². The van der Waals surface area contributed by atoms with Crippen molar-refractivity contribution in [2.75, 3.05) is 7.11 Å². The van der Waals surface area contributed by atoms with Gasteiger partial charge in [-0.3, -0.25) is 0 Å². The molecule has 3 nitrogen and oxygen atoms in total. The van der Waals surface area contributed by atoms with Crippen LogP contribution in [0.25, 0.3) is 0 Å². The minimum absolute atomic E-state index is 0.432. The summed E-state index contributed by atoms with van der Waals surface area (Å²) in [5.41, 5.74) is 0. The van der Waals surface area contributed by atoms with E-state index in [1.165, 1.54) is 7.11 Å². The molecule has 0 heterocycles. The molecule has 0 aliphatic rings. The number of halogens is 1. The fourth-order valence-corrected chi connectivity index (χ4v) is 0.334. The first-order valence-electron chi connectivity index (χ1n) is 1.34. The van der Waals surface area contributed by atoms with Gasteiger partial charge in [0.2, 0.25) is 0 Å². The zero-order chi connectivity index (χ0) is 5.70. The van der Waals surface area contributed by atoms with E-state index in [-0.39, 0.29) is 0 Å². The molecule has 0 aromatic carbocycles. The highest BCUT2D eigenvalue weighted by molar-refractivity contribution is 8.17. The Labute approximate surface area is 49.6 Å². The molecule has 7 heavy (non-hydrogen) atoms. The lowest BCUT2D eigenvalue weighted by Gasteiger charge is -1.90. The van der Waals surface area contributed by atoms with E-state index < -0.39 is 6.16 Å². The summed E-state index contributed by atoms with van der Waals surface area (Å²) in [6.07, 6.45) is -0.792. The summed E-state index contributed by atoms with van der Waals surface area (Å²) in [5.74, 6) is 0. The fourth-order valence-electron chi connectivity index (χ4n) is 0.0597. The second-order valence-electron chi connectivity index (χ2n) is 0.600. The predicted molar refractivity (Wildman–Crippen MR) is 26.9 cm³/mol. The Hall–Kier alpha value is -0.0900. The van der Waals surface area contributed by atoms with Crippen molar-refractivity contribution in [2.45, 2.75) is 0 Å². The molecule has 0 atom stereocenters. The largest absolute Gasteiger partial charge is 0.521 e. The molecule has 0 unspecified atom stereocenters. The Kier molecular flexibility index (Phi) is 4.03. The van der Waals surface area contributed by atoms with Crippen molar-refractivity contribution in [3.8, 4) is 0 Å². The summed E-state index contributed by atoms with van der Waals surface area (Å²) in [7, 11) is 6.07. The molecule has 0 aromatic rings. The molecule has 0 radical (unpaired) electrons. The molecule has 0 N–H and O–H groups in total. The fraction of sp³-hybridized carbons (Fsp3) is 0.500. The van der Waals surface area contributed by atoms with Crippen LogP contribution in [0.1, 0.15) is 0 Å². The van der Waals surface area contributed by atoms with Gasteiger partial charge in [0.05, 0.1) is 7.11 Å². The van der Waals surface area contributed by atoms with E-state index in [2.05, 4.69) is 8.92 Å². The summed E-state index contributed by atoms with van der Waals surface area (Å²) >= 11 is 0.432. The zero-order valence-corrected chi connectivity index (χ0v) is 5.08. The zero-order valence-electron chi connectivity index (χ0n) is 3.51. The smallest absolute Gasteiger partial charge is 0.437 e. The molecule has 0 fully saturated rings. The van der Waals surface area contributed by atoms with Gasteiger partial charge in [0, 0.05) is 10.7 Å². The molecular formula is C2H3ClO3S. The van der Waals surface area contributed by atoms with Gasteiger partial charge < -0.3 is 8.92 Å². The van der Waals surface area contributed by atoms with Crippen LogP contribution < -0.4 is 0 Å². The van der Waals surface area contributed by atoms with Crippen LogP contribution in [0.5, 0.6) is 0 Å². The molecule has 0 aliphatic carbocycles. The Morgan fingerprint density at radius 1 is 1.86 bits per heavy atom. The van der Waals surface area contributed by atoms with E-state index in [4.69, 9.17) is 10.7 Å². The summed E-state index contributed by atoms with van der Waals surface area (Å²) < 4.78 is 8.04. The summed E-state index contributed by atoms with van der Waals surface area (Å²) in [4.78, 5) is 9.86. The first-order valence-corrected chi connectivity index (χ1v) is 2.91. The molecule has 42 valence electrons. The van der Waals surface area contributed by atoms with Gasteiger partial charge in [0.15, 0.2) is 11.3 Å². The van der Waals surface area contributed by atoms with Gasteiger partial charge in [0.1, 0.15) is 0 Å². The molecule has 0 saturated heterocycles. The van der Waals surface area contributed by atoms with E-state index >= 15 is 0 Å². The van der Waals surface area contributed by atoms with Crippen molar-refractivity contribution >= 4 is 28.1 Å². The van der Waals surface area contributed by atoms with Crippen LogP contribution in [-0.4, -0.2) is 13.3 Å². The lowest BCUT2D eigenvalue weighted by atomic mass is 11.4. The highest BCUT2D eigenvalue weighted by Crippen LogP contribution is 2.07. The molecule has 0 aromatic heterocycles. The SMILES string of the molecule is COC(=O)OSCl. The normalized spacial score (nSPS) is 7.71. The van der Waals surface area contributed by atoms with E-state index in [9.17, 15) is 4.79 Å². The summed E-state index contributed by atoms with van der Waals surface area (Å²) in [5, 5.41) is 0. The Balaban J connectivity index is 3.00. The molecule has 0 spiro atoms. The molecule has 0 saturated carbocycles. The number of rotatable bonds is 1. The second-order valence-corrected chi connectivity index (χ2v) is 1.27. The number of methoxy groups -OCH3 is 1. The maximum Gasteiger partial charge on any atom is 0.521 e. The molecular weight excluding hydrogens is 140 g/mol. The van der Waals surface area contributed by atoms with E-state index in [0.29, 0.717) is 11.3 Å². The first kappa shape index (κ1) is 6.91. The van der Waals surface area contributed by atoms with Gasteiger partial charge in [-0.1, -0.05) is 0 Å². The number of hydrogen-bond acceptors (Lipinski definition) is 4. The van der Waals surface area contributed by atoms with Gasteiger partial charge in [-0.05, 0) is 0 Å². The minimum Gasteiger partial charge on any atom is -0.437 e. The van der Waals surface area contributed by atoms with Gasteiger partial charge in [-0.15, -0.1) is 0 Å². The standard InChI is InChI=1S/C2H3ClO3S/c1-5-2(4)6-7-3/h1H3. The third-order valence-corrected chi connectivity index (χ3v) is 0.654. The lowest BCUT2D eigenvalue weighted by molar-refractivity contribution is 0.130. The second kappa shape index (κ2) is 4.08. The van der Waals surface area contributed by atoms with Crippen LogP contribution in [0.4, 0.5) is 4.79 Å². The third kappa shape index (κ3) is 3.75. The van der Waals surface area contributed by atoms with E-state index in [0.717, 1.165) is 0 Å². The first-order chi connectivity index (χ1) is 3.31. The summed E-state index contributed by atoms with van der Waals surface area (Å²) in [6.45, 7) is 0. The van der Waals surface area contributed by atoms with Crippen LogP contribution in [0, 0.1) is 0 Å².